The van der Waals surface area contributed by atoms with Crippen LogP contribution < -0.4 is 0 Å². The maximum Gasteiger partial charge on any atom is 0.0950 e. The first-order valence-electron chi connectivity index (χ1n) is 6.07. The zero-order chi connectivity index (χ0) is 12.8. The first-order chi connectivity index (χ1) is 8.81. The van der Waals surface area contributed by atoms with Crippen molar-refractivity contribution in [3.8, 4) is 6.07 Å². The minimum absolute atomic E-state index is 0.0291. The Balaban J connectivity index is 2.03. The first-order valence-corrected chi connectivity index (χ1v) is 6.07. The summed E-state index contributed by atoms with van der Waals surface area (Å²) in [5.41, 5.74) is 1.08. The topological polar surface area (TPSA) is 69.4 Å². The number of aliphatic hydroxyl groups excluding tert-OH is 1. The van der Waals surface area contributed by atoms with Crippen LogP contribution in [0.2, 0.25) is 0 Å². The molecular formula is C13H17N3O2. The van der Waals surface area contributed by atoms with E-state index in [0.717, 1.165) is 5.56 Å². The highest BCUT2D eigenvalue weighted by Gasteiger charge is 2.31. The van der Waals surface area contributed by atoms with Gasteiger partial charge in [0.1, 0.15) is 0 Å². The highest BCUT2D eigenvalue weighted by atomic mass is 16.5. The molecule has 1 saturated heterocycles. The zero-order valence-corrected chi connectivity index (χ0v) is 10.2. The van der Waals surface area contributed by atoms with Crippen molar-refractivity contribution in [1.29, 1.82) is 5.26 Å². The van der Waals surface area contributed by atoms with Crippen LogP contribution in [0.1, 0.15) is 12.0 Å². The molecule has 1 fully saturated rings. The fourth-order valence-corrected chi connectivity index (χ4v) is 2.16. The van der Waals surface area contributed by atoms with Crippen LogP contribution in [-0.4, -0.2) is 46.9 Å². The van der Waals surface area contributed by atoms with Gasteiger partial charge in [-0.3, -0.25) is 9.88 Å². The molecule has 0 saturated carbocycles. The second-order valence-corrected chi connectivity index (χ2v) is 4.41. The van der Waals surface area contributed by atoms with E-state index >= 15 is 0 Å². The molecule has 0 amide bonds. The predicted molar refractivity (Wildman–Crippen MR) is 65.5 cm³/mol. The van der Waals surface area contributed by atoms with Crippen LogP contribution in [0.5, 0.6) is 0 Å². The Morgan fingerprint density at radius 1 is 1.56 bits per heavy atom. The summed E-state index contributed by atoms with van der Waals surface area (Å²) in [5, 5.41) is 18.6. The van der Waals surface area contributed by atoms with Crippen molar-refractivity contribution in [2.24, 2.45) is 0 Å². The molecule has 0 aromatic carbocycles. The van der Waals surface area contributed by atoms with E-state index in [2.05, 4.69) is 16.0 Å². The summed E-state index contributed by atoms with van der Waals surface area (Å²) in [7, 11) is 0. The predicted octanol–water partition coefficient (Wildman–Crippen LogP) is 0.557. The van der Waals surface area contributed by atoms with E-state index in [9.17, 15) is 5.11 Å². The minimum Gasteiger partial charge on any atom is -0.389 e. The van der Waals surface area contributed by atoms with Crippen LogP contribution in [-0.2, 0) is 11.3 Å². The number of nitrogens with zero attached hydrogens (tertiary/aromatic N) is 3. The van der Waals surface area contributed by atoms with Gasteiger partial charge >= 0.3 is 0 Å². The molecule has 1 aliphatic heterocycles. The van der Waals surface area contributed by atoms with E-state index in [1.807, 2.05) is 18.3 Å². The highest BCUT2D eigenvalue weighted by molar-refractivity contribution is 5.09. The van der Waals surface area contributed by atoms with Crippen LogP contribution in [0.25, 0.3) is 0 Å². The van der Waals surface area contributed by atoms with Gasteiger partial charge in [0, 0.05) is 31.9 Å². The summed E-state index contributed by atoms with van der Waals surface area (Å²) < 4.78 is 5.28. The highest BCUT2D eigenvalue weighted by Crippen LogP contribution is 2.16. The van der Waals surface area contributed by atoms with Crippen molar-refractivity contribution in [2.75, 3.05) is 19.8 Å². The smallest absolute Gasteiger partial charge is 0.0950 e. The van der Waals surface area contributed by atoms with E-state index in [4.69, 9.17) is 10.00 Å². The summed E-state index contributed by atoms with van der Waals surface area (Å²) in [5.74, 6) is 0. The van der Waals surface area contributed by atoms with E-state index in [-0.39, 0.29) is 6.04 Å². The third-order valence-corrected chi connectivity index (χ3v) is 3.11. The van der Waals surface area contributed by atoms with Crippen molar-refractivity contribution in [2.45, 2.75) is 25.1 Å². The van der Waals surface area contributed by atoms with Crippen molar-refractivity contribution < 1.29 is 9.84 Å². The van der Waals surface area contributed by atoms with E-state index in [1.165, 1.54) is 0 Å². The molecule has 96 valence electrons. The van der Waals surface area contributed by atoms with Crippen molar-refractivity contribution >= 4 is 0 Å². The van der Waals surface area contributed by atoms with Gasteiger partial charge in [-0.05, 0) is 11.6 Å². The van der Waals surface area contributed by atoms with Crippen LogP contribution in [0.4, 0.5) is 0 Å². The van der Waals surface area contributed by atoms with Gasteiger partial charge in [-0.15, -0.1) is 0 Å². The Labute approximate surface area is 107 Å². The molecule has 0 bridgehead atoms. The molecule has 1 aromatic heterocycles. The van der Waals surface area contributed by atoms with Crippen LogP contribution >= 0.6 is 0 Å². The number of hydrogen-bond donors (Lipinski definition) is 1. The lowest BCUT2D eigenvalue weighted by atomic mass is 10.1. The SMILES string of the molecule is N#CCCN(Cc1cccnc1)C1COCC1O. The van der Waals surface area contributed by atoms with Gasteiger partial charge in [-0.2, -0.15) is 5.26 Å². The third-order valence-electron chi connectivity index (χ3n) is 3.11. The number of pyridine rings is 1. The number of ether oxygens (including phenoxy) is 1. The average Bonchev–Trinajstić information content (AvgIpc) is 2.82. The number of hydrogen-bond acceptors (Lipinski definition) is 5. The van der Waals surface area contributed by atoms with Crippen LogP contribution in [0, 0.1) is 11.3 Å². The molecule has 2 rings (SSSR count). The maximum absolute atomic E-state index is 9.87. The van der Waals surface area contributed by atoms with Gasteiger partial charge in [0.05, 0.1) is 31.4 Å². The Hall–Kier alpha value is -1.48. The molecule has 18 heavy (non-hydrogen) atoms. The van der Waals surface area contributed by atoms with Gasteiger partial charge in [0.25, 0.3) is 0 Å². The lowest BCUT2D eigenvalue weighted by Gasteiger charge is -2.29. The van der Waals surface area contributed by atoms with E-state index < -0.39 is 6.10 Å². The van der Waals surface area contributed by atoms with Crippen LogP contribution in [0.15, 0.2) is 24.5 Å². The van der Waals surface area contributed by atoms with Gasteiger partial charge in [0.2, 0.25) is 0 Å². The standard InChI is InChI=1S/C13H17N3O2/c14-4-2-6-16(12-9-18-10-13(12)17)8-11-3-1-5-15-7-11/h1,3,5,7,12-13,17H,2,6,8-10H2. The summed E-state index contributed by atoms with van der Waals surface area (Å²) in [4.78, 5) is 6.17. The summed E-state index contributed by atoms with van der Waals surface area (Å²) in [6.07, 6.45) is 3.52. The molecule has 2 atom stereocenters. The van der Waals surface area contributed by atoms with Crippen molar-refractivity contribution in [1.82, 2.24) is 9.88 Å². The monoisotopic (exact) mass is 247 g/mol. The minimum atomic E-state index is -0.472. The molecule has 5 nitrogen and oxygen atoms in total. The normalized spacial score (nSPS) is 23.2. The van der Waals surface area contributed by atoms with Crippen molar-refractivity contribution in [3.63, 3.8) is 0 Å². The number of rotatable bonds is 5. The molecule has 1 aromatic rings. The average molecular weight is 247 g/mol. The Morgan fingerprint density at radius 2 is 2.44 bits per heavy atom. The number of aliphatic hydroxyl groups is 1. The van der Waals surface area contributed by atoms with Gasteiger partial charge in [0.15, 0.2) is 0 Å². The Bertz CT molecular complexity index is 404. The molecule has 0 spiro atoms. The molecule has 2 unspecified atom stereocenters. The molecule has 1 aliphatic rings. The van der Waals surface area contributed by atoms with E-state index in [1.54, 1.807) is 6.20 Å². The maximum atomic E-state index is 9.87. The largest absolute Gasteiger partial charge is 0.389 e. The van der Waals surface area contributed by atoms with Gasteiger partial charge in [-0.1, -0.05) is 6.07 Å². The molecular weight excluding hydrogens is 230 g/mol. The molecule has 0 radical (unpaired) electrons. The quantitative estimate of drug-likeness (QED) is 0.823. The number of aromatic nitrogens is 1. The molecule has 1 N–H and O–H groups in total. The summed E-state index contributed by atoms with van der Waals surface area (Å²) in [6.45, 7) is 2.21. The van der Waals surface area contributed by atoms with Gasteiger partial charge < -0.3 is 9.84 Å². The fraction of sp³-hybridized carbons (Fsp3) is 0.538. The van der Waals surface area contributed by atoms with E-state index in [0.29, 0.717) is 32.7 Å². The lowest BCUT2D eigenvalue weighted by molar-refractivity contribution is 0.0787. The summed E-state index contributed by atoms with van der Waals surface area (Å²) in [6, 6.07) is 6.00. The van der Waals surface area contributed by atoms with Crippen LogP contribution in [0.3, 0.4) is 0 Å². The van der Waals surface area contributed by atoms with Gasteiger partial charge in [-0.25, -0.2) is 0 Å². The first kappa shape index (κ1) is 13.0. The number of nitriles is 1. The molecule has 0 aliphatic carbocycles. The third kappa shape index (κ3) is 3.26. The molecule has 5 heteroatoms. The Kier molecular flexibility index (Phi) is 4.65. The van der Waals surface area contributed by atoms with Crippen molar-refractivity contribution in [3.05, 3.63) is 30.1 Å². The Morgan fingerprint density at radius 3 is 3.06 bits per heavy atom. The summed E-state index contributed by atoms with van der Waals surface area (Å²) >= 11 is 0. The zero-order valence-electron chi connectivity index (χ0n) is 10.2. The lowest BCUT2D eigenvalue weighted by Crippen LogP contribution is -2.43. The molecule has 2 heterocycles. The second kappa shape index (κ2) is 6.45. The fourth-order valence-electron chi connectivity index (χ4n) is 2.16. The second-order valence-electron chi connectivity index (χ2n) is 4.41.